The fourth-order valence-electron chi connectivity index (χ4n) is 1.81. The molecule has 21 heavy (non-hydrogen) atoms. The number of hydrogen-bond acceptors (Lipinski definition) is 9. The molecule has 0 saturated carbocycles. The minimum Gasteiger partial charge on any atom is -0.366 e. The van der Waals surface area contributed by atoms with Gasteiger partial charge in [0.05, 0.1) is 25.2 Å². The molecule has 1 heterocycles. The highest BCUT2D eigenvalue weighted by Crippen LogP contribution is 2.22. The van der Waals surface area contributed by atoms with Crippen molar-refractivity contribution in [3.63, 3.8) is 0 Å². The van der Waals surface area contributed by atoms with E-state index in [0.717, 1.165) is 19.4 Å². The molecule has 0 radical (unpaired) electrons. The van der Waals surface area contributed by atoms with E-state index < -0.39 is 50.7 Å². The fourth-order valence-corrected chi connectivity index (χ4v) is 3.05. The van der Waals surface area contributed by atoms with Crippen molar-refractivity contribution in [3.05, 3.63) is 0 Å². The molecule has 1 aliphatic heterocycles. The number of hydrogen-bond donors (Lipinski definition) is 2. The lowest BCUT2D eigenvalue weighted by atomic mass is 10.0. The Balaban J connectivity index is 3.07. The predicted molar refractivity (Wildman–Crippen MR) is 69.0 cm³/mol. The van der Waals surface area contributed by atoms with Crippen molar-refractivity contribution < 1.29 is 39.8 Å². The highest BCUT2D eigenvalue weighted by atomic mass is 32.2. The first kappa shape index (κ1) is 18.3. The first-order chi connectivity index (χ1) is 9.39. The van der Waals surface area contributed by atoms with Crippen molar-refractivity contribution >= 4 is 26.1 Å². The average Bonchev–Trinajstić information content (AvgIpc) is 2.23. The third kappa shape index (κ3) is 6.23. The first-order valence-electron chi connectivity index (χ1n) is 5.72. The Hall–Kier alpha value is -0.790. The van der Waals surface area contributed by atoms with Crippen LogP contribution in [0.15, 0.2) is 0 Å². The number of ether oxygens (including phenoxy) is 1. The van der Waals surface area contributed by atoms with Crippen LogP contribution in [0.25, 0.3) is 0 Å². The summed E-state index contributed by atoms with van der Waals surface area (Å²) in [4.78, 5) is 11.2. The molecule has 0 aliphatic carbocycles. The second kappa shape index (κ2) is 6.54. The highest BCUT2D eigenvalue weighted by Gasteiger charge is 2.45. The molecule has 0 aromatic rings. The van der Waals surface area contributed by atoms with Crippen molar-refractivity contribution in [2.24, 2.45) is 0 Å². The SMILES string of the molecule is CC(=O)N[C@H]1[C@@H](OS(C)(=O)=O)[C@H](O)OC[C@H]1OS(C)(=O)=O. The van der Waals surface area contributed by atoms with E-state index in [-0.39, 0.29) is 6.61 Å². The summed E-state index contributed by atoms with van der Waals surface area (Å²) in [5.74, 6) is -0.585. The Morgan fingerprint density at radius 2 is 1.71 bits per heavy atom. The molecule has 4 atom stereocenters. The molecule has 0 unspecified atom stereocenters. The molecule has 1 saturated heterocycles. The lowest BCUT2D eigenvalue weighted by molar-refractivity contribution is -0.210. The number of carbonyl (C=O) groups is 1. The summed E-state index contributed by atoms with van der Waals surface area (Å²) in [5.41, 5.74) is 0. The summed E-state index contributed by atoms with van der Waals surface area (Å²) in [6, 6.07) is -1.23. The van der Waals surface area contributed by atoms with Crippen LogP contribution < -0.4 is 5.32 Å². The van der Waals surface area contributed by atoms with Gasteiger partial charge in [-0.15, -0.1) is 0 Å². The number of aliphatic hydroxyl groups excluding tert-OH is 1. The molecule has 1 aliphatic rings. The largest absolute Gasteiger partial charge is 0.366 e. The number of amides is 1. The minimum atomic E-state index is -3.99. The van der Waals surface area contributed by atoms with E-state index in [9.17, 15) is 26.7 Å². The van der Waals surface area contributed by atoms with Gasteiger partial charge in [0.15, 0.2) is 12.4 Å². The zero-order chi connectivity index (χ0) is 16.4. The number of nitrogens with one attached hydrogen (secondary N) is 1. The van der Waals surface area contributed by atoms with Crippen LogP contribution in [-0.2, 0) is 38.1 Å². The summed E-state index contributed by atoms with van der Waals surface area (Å²) >= 11 is 0. The molecular formula is C9H17NO9S2. The number of carbonyl (C=O) groups excluding carboxylic acids is 1. The second-order valence-corrected chi connectivity index (χ2v) is 7.76. The monoisotopic (exact) mass is 347 g/mol. The Morgan fingerprint density at radius 3 is 2.14 bits per heavy atom. The van der Waals surface area contributed by atoms with Gasteiger partial charge in [-0.3, -0.25) is 13.2 Å². The van der Waals surface area contributed by atoms with Crippen LogP contribution in [0.5, 0.6) is 0 Å². The van der Waals surface area contributed by atoms with Crippen molar-refractivity contribution in [2.75, 3.05) is 19.1 Å². The van der Waals surface area contributed by atoms with Gasteiger partial charge in [-0.25, -0.2) is 0 Å². The number of aliphatic hydroxyl groups is 1. The van der Waals surface area contributed by atoms with Gasteiger partial charge < -0.3 is 15.2 Å². The molecule has 12 heteroatoms. The van der Waals surface area contributed by atoms with E-state index in [1.54, 1.807) is 0 Å². The van der Waals surface area contributed by atoms with Crippen LogP contribution >= 0.6 is 0 Å². The van der Waals surface area contributed by atoms with Crippen molar-refractivity contribution in [3.8, 4) is 0 Å². The predicted octanol–water partition coefficient (Wildman–Crippen LogP) is -2.47. The smallest absolute Gasteiger partial charge is 0.264 e. The molecule has 0 bridgehead atoms. The Labute approximate surface area is 122 Å². The molecule has 0 aromatic carbocycles. The van der Waals surface area contributed by atoms with E-state index in [2.05, 4.69) is 9.50 Å². The van der Waals surface area contributed by atoms with Gasteiger partial charge in [0.25, 0.3) is 20.2 Å². The van der Waals surface area contributed by atoms with Crippen LogP contribution in [0.4, 0.5) is 0 Å². The summed E-state index contributed by atoms with van der Waals surface area (Å²) < 4.78 is 59.0. The van der Waals surface area contributed by atoms with Gasteiger partial charge in [-0.05, 0) is 0 Å². The summed E-state index contributed by atoms with van der Waals surface area (Å²) in [7, 11) is -7.88. The quantitative estimate of drug-likeness (QED) is 0.517. The normalized spacial score (nSPS) is 30.9. The van der Waals surface area contributed by atoms with Crippen molar-refractivity contribution in [2.45, 2.75) is 31.5 Å². The van der Waals surface area contributed by atoms with Crippen LogP contribution in [0.2, 0.25) is 0 Å². The Morgan fingerprint density at radius 1 is 1.19 bits per heavy atom. The average molecular weight is 347 g/mol. The summed E-state index contributed by atoms with van der Waals surface area (Å²) in [5, 5.41) is 12.0. The van der Waals surface area contributed by atoms with Crippen LogP contribution in [-0.4, -0.2) is 71.5 Å². The third-order valence-electron chi connectivity index (χ3n) is 2.42. The van der Waals surface area contributed by atoms with E-state index in [1.807, 2.05) is 0 Å². The van der Waals surface area contributed by atoms with Gasteiger partial charge in [0, 0.05) is 6.92 Å². The maximum atomic E-state index is 11.2. The Bertz CT molecular complexity index is 584. The summed E-state index contributed by atoms with van der Waals surface area (Å²) in [6.45, 7) is 0.764. The fraction of sp³-hybridized carbons (Fsp3) is 0.889. The number of rotatable bonds is 5. The molecule has 1 rings (SSSR count). The first-order valence-corrected chi connectivity index (χ1v) is 9.35. The lowest BCUT2D eigenvalue weighted by Gasteiger charge is -2.39. The molecule has 0 aromatic heterocycles. The van der Waals surface area contributed by atoms with Crippen molar-refractivity contribution in [1.29, 1.82) is 0 Å². The van der Waals surface area contributed by atoms with Gasteiger partial charge in [0.2, 0.25) is 5.91 Å². The third-order valence-corrected chi connectivity index (χ3v) is 3.59. The molecule has 2 N–H and O–H groups in total. The lowest BCUT2D eigenvalue weighted by Crippen LogP contribution is -2.62. The van der Waals surface area contributed by atoms with E-state index in [4.69, 9.17) is 8.92 Å². The van der Waals surface area contributed by atoms with Gasteiger partial charge in [0.1, 0.15) is 6.10 Å². The minimum absolute atomic E-state index is 0.372. The standard InChI is InChI=1S/C9H17NO9S2/c1-5(11)10-7-6(18-20(2,13)14)4-17-9(12)8(7)19-21(3,15)16/h6-9,12H,4H2,1-3H3,(H,10,11)/t6-,7-,8-,9-/m1/s1. The zero-order valence-corrected chi connectivity index (χ0v) is 13.2. The maximum absolute atomic E-state index is 11.2. The van der Waals surface area contributed by atoms with Gasteiger partial charge in [-0.2, -0.15) is 16.8 Å². The van der Waals surface area contributed by atoms with Crippen LogP contribution in [0.1, 0.15) is 6.92 Å². The van der Waals surface area contributed by atoms with E-state index in [1.165, 1.54) is 0 Å². The maximum Gasteiger partial charge on any atom is 0.264 e. The summed E-state index contributed by atoms with van der Waals surface area (Å²) in [6.07, 6.45) is -2.92. The zero-order valence-electron chi connectivity index (χ0n) is 11.5. The molecule has 1 fully saturated rings. The van der Waals surface area contributed by atoms with Crippen molar-refractivity contribution in [1.82, 2.24) is 5.32 Å². The molecule has 124 valence electrons. The molecule has 1 amide bonds. The van der Waals surface area contributed by atoms with Crippen LogP contribution in [0, 0.1) is 0 Å². The van der Waals surface area contributed by atoms with Gasteiger partial charge >= 0.3 is 0 Å². The van der Waals surface area contributed by atoms with Crippen LogP contribution in [0.3, 0.4) is 0 Å². The highest BCUT2D eigenvalue weighted by molar-refractivity contribution is 7.86. The van der Waals surface area contributed by atoms with Gasteiger partial charge in [-0.1, -0.05) is 0 Å². The topological polar surface area (TPSA) is 145 Å². The molecule has 10 nitrogen and oxygen atoms in total. The molecule has 0 spiro atoms. The Kier molecular flexibility index (Phi) is 5.69. The van der Waals surface area contributed by atoms with E-state index >= 15 is 0 Å². The van der Waals surface area contributed by atoms with E-state index in [0.29, 0.717) is 0 Å². The molecular weight excluding hydrogens is 330 g/mol. The second-order valence-electron chi connectivity index (χ2n) is 4.55.